The molecule has 0 saturated heterocycles. The Labute approximate surface area is 100 Å². The van der Waals surface area contributed by atoms with Crippen LogP contribution in [0.3, 0.4) is 0 Å². The first-order valence-corrected chi connectivity index (χ1v) is 5.72. The van der Waals surface area contributed by atoms with Gasteiger partial charge in [0, 0.05) is 0 Å². The number of hydrogen-bond acceptors (Lipinski definition) is 2. The fraction of sp³-hybridized carbons (Fsp3) is 0. The SMILES string of the molecule is O=C1NC(=O)c2ccc([As])c3cccc1c23. The van der Waals surface area contributed by atoms with Crippen molar-refractivity contribution in [2.24, 2.45) is 0 Å². The zero-order valence-corrected chi connectivity index (χ0v) is 10.0. The van der Waals surface area contributed by atoms with Gasteiger partial charge in [-0.2, -0.15) is 0 Å². The van der Waals surface area contributed by atoms with Crippen LogP contribution in [0.1, 0.15) is 20.7 Å². The van der Waals surface area contributed by atoms with Gasteiger partial charge in [-0.15, -0.1) is 0 Å². The van der Waals surface area contributed by atoms with Crippen LogP contribution in [-0.2, 0) is 0 Å². The predicted molar refractivity (Wildman–Crippen MR) is 61.1 cm³/mol. The van der Waals surface area contributed by atoms with E-state index in [2.05, 4.69) is 22.2 Å². The van der Waals surface area contributed by atoms with Crippen molar-refractivity contribution in [2.75, 3.05) is 0 Å². The number of imide groups is 1. The molecule has 76 valence electrons. The van der Waals surface area contributed by atoms with Crippen LogP contribution in [0.4, 0.5) is 0 Å². The molecule has 0 aliphatic carbocycles. The fourth-order valence-electron chi connectivity index (χ4n) is 2.01. The normalized spacial score (nSPS) is 14.1. The van der Waals surface area contributed by atoms with Gasteiger partial charge in [-0.05, 0) is 0 Å². The number of hydrogen-bond donors (Lipinski definition) is 1. The Morgan fingerprint density at radius 3 is 2.38 bits per heavy atom. The molecule has 0 aromatic heterocycles. The van der Waals surface area contributed by atoms with Crippen LogP contribution in [0.2, 0.25) is 0 Å². The number of rotatable bonds is 0. The Bertz CT molecular complexity index is 629. The average Bonchev–Trinajstić information content (AvgIpc) is 2.27. The predicted octanol–water partition coefficient (Wildman–Crippen LogP) is 0.517. The Morgan fingerprint density at radius 1 is 0.938 bits per heavy atom. The Hall–Kier alpha value is -1.60. The van der Waals surface area contributed by atoms with E-state index in [1.165, 1.54) is 0 Å². The van der Waals surface area contributed by atoms with E-state index in [1.807, 2.05) is 18.2 Å². The molecule has 2 aromatic carbocycles. The molecular formula is C12H6AsNO2. The molecule has 0 unspecified atom stereocenters. The second-order valence-electron chi connectivity index (χ2n) is 3.64. The summed E-state index contributed by atoms with van der Waals surface area (Å²) >= 11 is 2.45. The molecular weight excluding hydrogens is 265 g/mol. The molecule has 1 aliphatic rings. The van der Waals surface area contributed by atoms with E-state index in [4.69, 9.17) is 0 Å². The quantitative estimate of drug-likeness (QED) is 0.561. The molecule has 16 heavy (non-hydrogen) atoms. The second-order valence-corrected chi connectivity index (χ2v) is 4.65. The van der Waals surface area contributed by atoms with Crippen LogP contribution in [0, 0.1) is 0 Å². The number of carbonyl (C=O) groups excluding carboxylic acids is 2. The van der Waals surface area contributed by atoms with Gasteiger partial charge < -0.3 is 0 Å². The van der Waals surface area contributed by atoms with Crippen molar-refractivity contribution in [1.29, 1.82) is 0 Å². The second kappa shape index (κ2) is 3.19. The molecule has 0 fully saturated rings. The zero-order valence-electron chi connectivity index (χ0n) is 8.15. The molecule has 3 rings (SSSR count). The van der Waals surface area contributed by atoms with Gasteiger partial charge in [-0.25, -0.2) is 0 Å². The third-order valence-electron chi connectivity index (χ3n) is 2.73. The summed E-state index contributed by atoms with van der Waals surface area (Å²) in [5, 5.41) is 4.03. The molecule has 1 N–H and O–H groups in total. The summed E-state index contributed by atoms with van der Waals surface area (Å²) in [6.07, 6.45) is 0. The van der Waals surface area contributed by atoms with Crippen molar-refractivity contribution in [1.82, 2.24) is 5.32 Å². The van der Waals surface area contributed by atoms with E-state index < -0.39 is 0 Å². The third kappa shape index (κ3) is 1.15. The number of amides is 2. The van der Waals surface area contributed by atoms with E-state index in [0.717, 1.165) is 15.1 Å². The molecule has 3 nitrogen and oxygen atoms in total. The molecule has 1 aliphatic heterocycles. The van der Waals surface area contributed by atoms with Gasteiger partial charge in [0.05, 0.1) is 0 Å². The molecule has 0 spiro atoms. The van der Waals surface area contributed by atoms with Gasteiger partial charge in [0.1, 0.15) is 0 Å². The van der Waals surface area contributed by atoms with Crippen LogP contribution in [-0.4, -0.2) is 28.7 Å². The van der Waals surface area contributed by atoms with Gasteiger partial charge in [0.2, 0.25) is 0 Å². The molecule has 0 saturated carbocycles. The first-order chi connectivity index (χ1) is 7.68. The van der Waals surface area contributed by atoms with E-state index in [-0.39, 0.29) is 11.8 Å². The van der Waals surface area contributed by atoms with Gasteiger partial charge in [-0.3, -0.25) is 0 Å². The minimum atomic E-state index is -0.318. The van der Waals surface area contributed by atoms with E-state index in [1.54, 1.807) is 12.1 Å². The molecule has 2 amide bonds. The molecule has 1 heterocycles. The van der Waals surface area contributed by atoms with Crippen LogP contribution >= 0.6 is 0 Å². The van der Waals surface area contributed by atoms with Crippen LogP contribution in [0.25, 0.3) is 10.8 Å². The maximum atomic E-state index is 11.7. The van der Waals surface area contributed by atoms with Crippen molar-refractivity contribution in [3.63, 3.8) is 0 Å². The minimum absolute atomic E-state index is 0.318. The monoisotopic (exact) mass is 271 g/mol. The van der Waals surface area contributed by atoms with Gasteiger partial charge in [0.15, 0.2) is 0 Å². The average molecular weight is 271 g/mol. The zero-order chi connectivity index (χ0) is 11.3. The summed E-state index contributed by atoms with van der Waals surface area (Å²) < 4.78 is 1.01. The van der Waals surface area contributed by atoms with Crippen molar-refractivity contribution in [3.8, 4) is 0 Å². The summed E-state index contributed by atoms with van der Waals surface area (Å²) in [6, 6.07) is 9.10. The number of nitrogens with one attached hydrogen (secondary N) is 1. The van der Waals surface area contributed by atoms with Crippen molar-refractivity contribution in [3.05, 3.63) is 41.5 Å². The summed E-state index contributed by atoms with van der Waals surface area (Å²) in [4.78, 5) is 23.3. The summed E-state index contributed by atoms with van der Waals surface area (Å²) in [7, 11) is 0. The first-order valence-electron chi connectivity index (χ1n) is 4.79. The van der Waals surface area contributed by atoms with E-state index in [9.17, 15) is 9.59 Å². The Kier molecular flexibility index (Phi) is 1.92. The van der Waals surface area contributed by atoms with Crippen LogP contribution in [0.5, 0.6) is 0 Å². The van der Waals surface area contributed by atoms with Crippen LogP contribution in [0.15, 0.2) is 30.3 Å². The van der Waals surface area contributed by atoms with Gasteiger partial charge >= 0.3 is 100 Å². The van der Waals surface area contributed by atoms with Crippen molar-refractivity contribution in [2.45, 2.75) is 0 Å². The summed E-state index contributed by atoms with van der Waals surface area (Å²) in [5.41, 5.74) is 1.14. The standard InChI is InChI=1S/C12H6AsNO2/c13-9-5-4-8-10-6(9)2-1-3-7(10)11(15)14-12(8)16/h1-5H,(H,14,15,16). The number of carbonyl (C=O) groups is 2. The van der Waals surface area contributed by atoms with E-state index >= 15 is 0 Å². The molecule has 2 aromatic rings. The maximum absolute atomic E-state index is 11.7. The third-order valence-corrected chi connectivity index (χ3v) is 3.55. The van der Waals surface area contributed by atoms with Gasteiger partial charge in [0.25, 0.3) is 0 Å². The molecule has 4 heteroatoms. The van der Waals surface area contributed by atoms with Crippen LogP contribution < -0.4 is 9.67 Å². The molecule has 2 radical (unpaired) electrons. The van der Waals surface area contributed by atoms with Crippen molar-refractivity contribution < 1.29 is 9.59 Å². The first kappa shape index (κ1) is 9.61. The Balaban J connectivity index is 2.57. The topological polar surface area (TPSA) is 46.2 Å². The molecule has 0 bridgehead atoms. The number of benzene rings is 2. The van der Waals surface area contributed by atoms with E-state index in [0.29, 0.717) is 11.1 Å². The Morgan fingerprint density at radius 2 is 1.62 bits per heavy atom. The fourth-order valence-corrected chi connectivity index (χ4v) is 2.55. The summed E-state index contributed by atoms with van der Waals surface area (Å²) in [6.45, 7) is 0. The molecule has 0 atom stereocenters. The van der Waals surface area contributed by atoms with Gasteiger partial charge in [-0.1, -0.05) is 0 Å². The summed E-state index contributed by atoms with van der Waals surface area (Å²) in [5.74, 6) is -0.637. The van der Waals surface area contributed by atoms with Crippen molar-refractivity contribution >= 4 is 43.8 Å².